The van der Waals surface area contributed by atoms with Gasteiger partial charge in [0.15, 0.2) is 0 Å². The molecule has 0 saturated heterocycles. The lowest BCUT2D eigenvalue weighted by Gasteiger charge is -2.00. The van der Waals surface area contributed by atoms with Gasteiger partial charge in [0.2, 0.25) is 0 Å². The first-order valence-corrected chi connectivity index (χ1v) is 5.45. The molecule has 0 saturated carbocycles. The number of hydrogen-bond acceptors (Lipinski definition) is 3. The number of thioether (sulfide) groups is 1. The molecule has 0 amide bonds. The minimum atomic E-state index is 0.522. The molecule has 0 aliphatic carbocycles. The Kier molecular flexibility index (Phi) is 5.22. The third kappa shape index (κ3) is 3.87. The molecule has 0 aromatic carbocycles. The van der Waals surface area contributed by atoms with E-state index < -0.39 is 0 Å². The van der Waals surface area contributed by atoms with Crippen molar-refractivity contribution in [2.24, 2.45) is 5.11 Å². The second-order valence-corrected chi connectivity index (χ2v) is 3.94. The molecule has 1 aromatic rings. The van der Waals surface area contributed by atoms with Crippen molar-refractivity contribution in [3.05, 3.63) is 33.8 Å². The molecule has 1 heterocycles. The normalized spacial score (nSPS) is 9.50. The van der Waals surface area contributed by atoms with Crippen molar-refractivity contribution in [2.75, 3.05) is 12.3 Å². The van der Waals surface area contributed by atoms with Gasteiger partial charge in [0, 0.05) is 17.7 Å². The molecule has 1 aromatic heterocycles. The van der Waals surface area contributed by atoms with Gasteiger partial charge in [-0.25, -0.2) is 4.98 Å². The summed E-state index contributed by atoms with van der Waals surface area (Å²) in [5.74, 6) is 0.857. The van der Waals surface area contributed by atoms with Crippen LogP contribution in [0.3, 0.4) is 0 Å². The fraction of sp³-hybridized carbons (Fsp3) is 0.375. The average Bonchev–Trinajstić information content (AvgIpc) is 2.20. The Labute approximate surface area is 91.3 Å². The Morgan fingerprint density at radius 3 is 3.21 bits per heavy atom. The SMILES string of the molecule is [N-]=[N+]=NCCCSc1ncccc1Cl. The first kappa shape index (κ1) is 11.2. The standard InChI is InChI=1S/C8H9ClN4S/c9-7-3-1-4-11-8(7)14-6-2-5-12-13-10/h1,3-4H,2,5-6H2. The van der Waals surface area contributed by atoms with Crippen LogP contribution in [0.5, 0.6) is 0 Å². The quantitative estimate of drug-likeness (QED) is 0.254. The molecule has 0 spiro atoms. The number of nitrogens with zero attached hydrogens (tertiary/aromatic N) is 4. The van der Waals surface area contributed by atoms with Crippen molar-refractivity contribution in [3.8, 4) is 0 Å². The first-order valence-electron chi connectivity index (χ1n) is 4.09. The van der Waals surface area contributed by atoms with E-state index in [2.05, 4.69) is 15.0 Å². The highest BCUT2D eigenvalue weighted by molar-refractivity contribution is 7.99. The Morgan fingerprint density at radius 2 is 2.50 bits per heavy atom. The van der Waals surface area contributed by atoms with Crippen molar-refractivity contribution in [1.29, 1.82) is 0 Å². The summed E-state index contributed by atoms with van der Waals surface area (Å²) in [4.78, 5) is 6.80. The number of aromatic nitrogens is 1. The molecule has 14 heavy (non-hydrogen) atoms. The van der Waals surface area contributed by atoms with Gasteiger partial charge >= 0.3 is 0 Å². The Bertz CT molecular complexity index is 338. The molecule has 0 aliphatic rings. The fourth-order valence-corrected chi connectivity index (χ4v) is 1.92. The van der Waals surface area contributed by atoms with E-state index in [9.17, 15) is 0 Å². The van der Waals surface area contributed by atoms with E-state index >= 15 is 0 Å². The summed E-state index contributed by atoms with van der Waals surface area (Å²) in [6, 6.07) is 3.61. The molecule has 0 unspecified atom stereocenters. The van der Waals surface area contributed by atoms with Gasteiger partial charge in [-0.2, -0.15) is 0 Å². The van der Waals surface area contributed by atoms with Crippen molar-refractivity contribution >= 4 is 23.4 Å². The number of azide groups is 1. The summed E-state index contributed by atoms with van der Waals surface area (Å²) in [5.41, 5.74) is 8.04. The van der Waals surface area contributed by atoms with Gasteiger partial charge in [-0.1, -0.05) is 16.7 Å². The molecule has 0 aliphatic heterocycles. The van der Waals surface area contributed by atoms with Crippen molar-refractivity contribution in [1.82, 2.24) is 4.98 Å². The molecule has 6 heteroatoms. The van der Waals surface area contributed by atoms with Crippen LogP contribution in [0.2, 0.25) is 5.02 Å². The molecular weight excluding hydrogens is 220 g/mol. The monoisotopic (exact) mass is 228 g/mol. The molecule has 0 bridgehead atoms. The molecule has 74 valence electrons. The lowest BCUT2D eigenvalue weighted by molar-refractivity contribution is 0.930. The van der Waals surface area contributed by atoms with Gasteiger partial charge in [0.05, 0.1) is 5.02 Å². The highest BCUT2D eigenvalue weighted by Gasteiger charge is 1.99. The van der Waals surface area contributed by atoms with Crippen molar-refractivity contribution < 1.29 is 0 Å². The molecule has 4 nitrogen and oxygen atoms in total. The summed E-state index contributed by atoms with van der Waals surface area (Å²) >= 11 is 7.47. The largest absolute Gasteiger partial charge is 0.248 e. The van der Waals surface area contributed by atoms with E-state index in [-0.39, 0.29) is 0 Å². The topological polar surface area (TPSA) is 61.7 Å². The third-order valence-electron chi connectivity index (χ3n) is 1.43. The number of hydrogen-bond donors (Lipinski definition) is 0. The van der Waals surface area contributed by atoms with Gasteiger partial charge in [-0.05, 0) is 29.8 Å². The summed E-state index contributed by atoms with van der Waals surface area (Å²) in [7, 11) is 0. The second kappa shape index (κ2) is 6.54. The van der Waals surface area contributed by atoms with Gasteiger partial charge in [0.25, 0.3) is 0 Å². The smallest absolute Gasteiger partial charge is 0.115 e. The van der Waals surface area contributed by atoms with E-state index in [0.717, 1.165) is 17.2 Å². The maximum atomic E-state index is 8.04. The number of rotatable bonds is 5. The number of halogens is 1. The van der Waals surface area contributed by atoms with Gasteiger partial charge in [0.1, 0.15) is 5.03 Å². The predicted molar refractivity (Wildman–Crippen MR) is 58.6 cm³/mol. The minimum Gasteiger partial charge on any atom is -0.248 e. The molecular formula is C8H9ClN4S. The average molecular weight is 229 g/mol. The van der Waals surface area contributed by atoms with Crippen LogP contribution >= 0.6 is 23.4 Å². The zero-order valence-corrected chi connectivity index (χ0v) is 9.00. The Morgan fingerprint density at radius 1 is 1.64 bits per heavy atom. The summed E-state index contributed by atoms with van der Waals surface area (Å²) in [6.45, 7) is 0.522. The third-order valence-corrected chi connectivity index (χ3v) is 2.94. The Balaban J connectivity index is 2.31. The van der Waals surface area contributed by atoms with Crippen LogP contribution in [-0.2, 0) is 0 Å². The summed E-state index contributed by atoms with van der Waals surface area (Å²) in [6.07, 6.45) is 2.54. The summed E-state index contributed by atoms with van der Waals surface area (Å²) < 4.78 is 0. The van der Waals surface area contributed by atoms with E-state index in [1.165, 1.54) is 0 Å². The lowest BCUT2D eigenvalue weighted by atomic mass is 10.5. The zero-order chi connectivity index (χ0) is 10.2. The lowest BCUT2D eigenvalue weighted by Crippen LogP contribution is -1.86. The van der Waals surface area contributed by atoms with E-state index in [0.29, 0.717) is 11.6 Å². The zero-order valence-electron chi connectivity index (χ0n) is 7.43. The highest BCUT2D eigenvalue weighted by atomic mass is 35.5. The van der Waals surface area contributed by atoms with Crippen molar-refractivity contribution in [2.45, 2.75) is 11.4 Å². The molecule has 0 fully saturated rings. The van der Waals surface area contributed by atoms with E-state index in [1.807, 2.05) is 6.07 Å². The summed E-state index contributed by atoms with van der Waals surface area (Å²) in [5, 5.41) is 4.94. The van der Waals surface area contributed by atoms with Crippen LogP contribution in [0.4, 0.5) is 0 Å². The van der Waals surface area contributed by atoms with Crippen molar-refractivity contribution in [3.63, 3.8) is 0 Å². The fourth-order valence-electron chi connectivity index (χ4n) is 0.826. The van der Waals surface area contributed by atoms with E-state index in [4.69, 9.17) is 17.1 Å². The van der Waals surface area contributed by atoms with Crippen LogP contribution in [-0.4, -0.2) is 17.3 Å². The van der Waals surface area contributed by atoms with Crippen LogP contribution in [0.25, 0.3) is 10.4 Å². The van der Waals surface area contributed by atoms with Crippen LogP contribution in [0, 0.1) is 0 Å². The predicted octanol–water partition coefficient (Wildman–Crippen LogP) is 3.53. The molecule has 0 N–H and O–H groups in total. The second-order valence-electron chi connectivity index (χ2n) is 2.45. The number of pyridine rings is 1. The maximum absolute atomic E-state index is 8.04. The van der Waals surface area contributed by atoms with E-state index in [1.54, 1.807) is 24.0 Å². The van der Waals surface area contributed by atoms with Crippen LogP contribution < -0.4 is 0 Å². The van der Waals surface area contributed by atoms with Gasteiger partial charge < -0.3 is 0 Å². The van der Waals surface area contributed by atoms with Gasteiger partial charge in [-0.3, -0.25) is 0 Å². The maximum Gasteiger partial charge on any atom is 0.115 e. The van der Waals surface area contributed by atoms with Crippen LogP contribution in [0.1, 0.15) is 6.42 Å². The molecule has 0 radical (unpaired) electrons. The first-order chi connectivity index (χ1) is 6.84. The molecule has 1 rings (SSSR count). The van der Waals surface area contributed by atoms with Crippen LogP contribution in [0.15, 0.2) is 28.5 Å². The Hall–Kier alpha value is -0.900. The minimum absolute atomic E-state index is 0.522. The van der Waals surface area contributed by atoms with Gasteiger partial charge in [-0.15, -0.1) is 11.8 Å². The molecule has 0 atom stereocenters. The highest BCUT2D eigenvalue weighted by Crippen LogP contribution is 2.24.